The molecule has 3 aromatic carbocycles. The first-order valence-electron chi connectivity index (χ1n) is 11.2. The summed E-state index contributed by atoms with van der Waals surface area (Å²) in [5.41, 5.74) is 5.45. The first-order valence-corrected chi connectivity index (χ1v) is 11.2. The molecule has 0 aliphatic rings. The minimum Gasteiger partial charge on any atom is -0.497 e. The van der Waals surface area contributed by atoms with Gasteiger partial charge in [0.25, 0.3) is 5.91 Å². The van der Waals surface area contributed by atoms with Crippen molar-refractivity contribution in [3.8, 4) is 11.5 Å². The van der Waals surface area contributed by atoms with E-state index in [9.17, 15) is 4.79 Å². The maximum Gasteiger partial charge on any atom is 0.261 e. The number of nitrogens with zero attached hydrogens (tertiary/aromatic N) is 1. The maximum absolute atomic E-state index is 13.4. The van der Waals surface area contributed by atoms with Crippen LogP contribution < -0.4 is 9.47 Å². The highest BCUT2D eigenvalue weighted by molar-refractivity contribution is 5.86. The van der Waals surface area contributed by atoms with E-state index in [4.69, 9.17) is 9.47 Å². The number of rotatable bonds is 8. The van der Waals surface area contributed by atoms with Crippen molar-refractivity contribution < 1.29 is 14.3 Å². The lowest BCUT2D eigenvalue weighted by Gasteiger charge is -2.31. The number of benzene rings is 3. The average Bonchev–Trinajstić information content (AvgIpc) is 3.27. The Kier molecular flexibility index (Phi) is 6.68. The van der Waals surface area contributed by atoms with Crippen LogP contribution >= 0.6 is 0 Å². The van der Waals surface area contributed by atoms with Gasteiger partial charge in [0.15, 0.2) is 6.61 Å². The smallest absolute Gasteiger partial charge is 0.261 e. The monoisotopic (exact) mass is 442 g/mol. The Morgan fingerprint density at radius 1 is 0.970 bits per heavy atom. The molecule has 0 unspecified atom stereocenters. The summed E-state index contributed by atoms with van der Waals surface area (Å²) in [6.45, 7) is 6.62. The van der Waals surface area contributed by atoms with Crippen molar-refractivity contribution in [3.05, 3.63) is 95.2 Å². The average molecular weight is 443 g/mol. The van der Waals surface area contributed by atoms with Crippen molar-refractivity contribution in [2.75, 3.05) is 20.3 Å². The molecule has 0 fully saturated rings. The van der Waals surface area contributed by atoms with Crippen LogP contribution in [0.25, 0.3) is 10.9 Å². The third-order valence-corrected chi connectivity index (χ3v) is 6.16. The van der Waals surface area contributed by atoms with E-state index in [1.54, 1.807) is 7.11 Å². The second-order valence-corrected chi connectivity index (χ2v) is 8.18. The highest BCUT2D eigenvalue weighted by Gasteiger charge is 2.28. The van der Waals surface area contributed by atoms with Crippen LogP contribution in [0.2, 0.25) is 0 Å². The highest BCUT2D eigenvalue weighted by atomic mass is 16.5. The molecule has 1 atom stereocenters. The molecule has 0 bridgehead atoms. The lowest BCUT2D eigenvalue weighted by molar-refractivity contribution is -0.134. The largest absolute Gasteiger partial charge is 0.497 e. The molecule has 1 N–H and O–H groups in total. The van der Waals surface area contributed by atoms with Crippen LogP contribution in [0.1, 0.15) is 35.2 Å². The van der Waals surface area contributed by atoms with Gasteiger partial charge in [-0.15, -0.1) is 0 Å². The molecular weight excluding hydrogens is 412 g/mol. The van der Waals surface area contributed by atoms with Crippen LogP contribution in [0.5, 0.6) is 11.5 Å². The van der Waals surface area contributed by atoms with Crippen LogP contribution in [0, 0.1) is 13.8 Å². The van der Waals surface area contributed by atoms with E-state index in [-0.39, 0.29) is 18.6 Å². The third kappa shape index (κ3) is 4.72. The zero-order valence-corrected chi connectivity index (χ0v) is 19.6. The van der Waals surface area contributed by atoms with E-state index < -0.39 is 0 Å². The predicted molar refractivity (Wildman–Crippen MR) is 132 cm³/mol. The van der Waals surface area contributed by atoms with Crippen molar-refractivity contribution in [2.45, 2.75) is 26.8 Å². The Morgan fingerprint density at radius 2 is 1.70 bits per heavy atom. The third-order valence-electron chi connectivity index (χ3n) is 6.16. The van der Waals surface area contributed by atoms with Crippen LogP contribution in [0.3, 0.4) is 0 Å². The van der Waals surface area contributed by atoms with E-state index in [0.717, 1.165) is 33.3 Å². The molecule has 0 aliphatic heterocycles. The number of nitrogens with one attached hydrogen (secondary N) is 1. The number of likely N-dealkylation sites (N-methyl/N-ethyl adjacent to an activating group) is 1. The van der Waals surface area contributed by atoms with Gasteiger partial charge < -0.3 is 19.4 Å². The van der Waals surface area contributed by atoms with Crippen molar-refractivity contribution in [2.24, 2.45) is 0 Å². The molecule has 5 nitrogen and oxygen atoms in total. The van der Waals surface area contributed by atoms with Crippen LogP contribution in [0.15, 0.2) is 72.9 Å². The molecule has 0 radical (unpaired) electrons. The van der Waals surface area contributed by atoms with Crippen LogP contribution in [-0.2, 0) is 4.79 Å². The molecule has 0 saturated carbocycles. The van der Waals surface area contributed by atoms with E-state index in [2.05, 4.69) is 18.0 Å². The van der Waals surface area contributed by atoms with Crippen molar-refractivity contribution in [1.82, 2.24) is 9.88 Å². The van der Waals surface area contributed by atoms with Gasteiger partial charge in [-0.25, -0.2) is 0 Å². The minimum atomic E-state index is -0.257. The molecule has 5 heteroatoms. The first kappa shape index (κ1) is 22.5. The Balaban J connectivity index is 1.67. The Hall–Kier alpha value is -3.73. The van der Waals surface area contributed by atoms with Crippen molar-refractivity contribution in [1.29, 1.82) is 0 Å². The number of aromatic nitrogens is 1. The van der Waals surface area contributed by atoms with Crippen LogP contribution in [0.4, 0.5) is 0 Å². The van der Waals surface area contributed by atoms with Gasteiger partial charge in [-0.1, -0.05) is 36.4 Å². The topological polar surface area (TPSA) is 54.6 Å². The molecule has 170 valence electrons. The number of fused-ring (bicyclic) bond motifs is 1. The summed E-state index contributed by atoms with van der Waals surface area (Å²) in [4.78, 5) is 18.7. The molecule has 4 aromatic rings. The number of H-pyrrole nitrogens is 1. The SMILES string of the molecule is CCN(C(=O)COc1ccc(C)c(C)c1)[C@H](c1ccc(OC)cc1)c1c[nH]c2ccccc12. The fraction of sp³-hybridized carbons (Fsp3) is 0.250. The molecule has 1 amide bonds. The second kappa shape index (κ2) is 9.82. The zero-order chi connectivity index (χ0) is 23.4. The summed E-state index contributed by atoms with van der Waals surface area (Å²) in [6, 6.07) is 21.7. The number of hydrogen-bond donors (Lipinski definition) is 1. The number of amides is 1. The van der Waals surface area contributed by atoms with Gasteiger partial charge in [-0.05, 0) is 67.8 Å². The summed E-state index contributed by atoms with van der Waals surface area (Å²) < 4.78 is 11.2. The van der Waals surface area contributed by atoms with Gasteiger partial charge in [0.05, 0.1) is 13.2 Å². The summed E-state index contributed by atoms with van der Waals surface area (Å²) in [6.07, 6.45) is 2.00. The number of carbonyl (C=O) groups excluding carboxylic acids is 1. The van der Waals surface area contributed by atoms with Crippen molar-refractivity contribution >= 4 is 16.8 Å². The first-order chi connectivity index (χ1) is 16.0. The van der Waals surface area contributed by atoms with Gasteiger partial charge in [-0.3, -0.25) is 4.79 Å². The number of carbonyl (C=O) groups is 1. The van der Waals surface area contributed by atoms with Gasteiger partial charge in [-0.2, -0.15) is 0 Å². The summed E-state index contributed by atoms with van der Waals surface area (Å²) in [5.74, 6) is 1.42. The molecule has 33 heavy (non-hydrogen) atoms. The van der Waals surface area contributed by atoms with Gasteiger partial charge in [0, 0.05) is 29.2 Å². The number of aromatic amines is 1. The Labute approximate surface area is 195 Å². The fourth-order valence-electron chi connectivity index (χ4n) is 4.17. The summed E-state index contributed by atoms with van der Waals surface area (Å²) in [7, 11) is 1.65. The molecule has 0 saturated heterocycles. The van der Waals surface area contributed by atoms with Gasteiger partial charge >= 0.3 is 0 Å². The van der Waals surface area contributed by atoms with Gasteiger partial charge in [0.2, 0.25) is 0 Å². The lowest BCUT2D eigenvalue weighted by atomic mass is 9.96. The molecule has 4 rings (SSSR count). The fourth-order valence-corrected chi connectivity index (χ4v) is 4.17. The lowest BCUT2D eigenvalue weighted by Crippen LogP contribution is -2.38. The summed E-state index contributed by atoms with van der Waals surface area (Å²) >= 11 is 0. The molecule has 1 aromatic heterocycles. The number of aryl methyl sites for hydroxylation is 2. The van der Waals surface area contributed by atoms with E-state index in [0.29, 0.717) is 12.3 Å². The van der Waals surface area contributed by atoms with E-state index >= 15 is 0 Å². The van der Waals surface area contributed by atoms with Crippen LogP contribution in [-0.4, -0.2) is 36.1 Å². The molecular formula is C28H30N2O3. The maximum atomic E-state index is 13.4. The minimum absolute atomic E-state index is 0.0225. The molecule has 1 heterocycles. The highest BCUT2D eigenvalue weighted by Crippen LogP contribution is 2.34. The standard InChI is InChI=1S/C28H30N2O3/c1-5-30(27(31)18-33-23-13-10-19(2)20(3)16-23)28(21-11-14-22(32-4)15-12-21)25-17-29-26-9-7-6-8-24(25)26/h6-17,28-29H,5,18H2,1-4H3/t28-/m1/s1. The second-order valence-electron chi connectivity index (χ2n) is 8.18. The van der Waals surface area contributed by atoms with Gasteiger partial charge in [0.1, 0.15) is 11.5 Å². The summed E-state index contributed by atoms with van der Waals surface area (Å²) in [5, 5.41) is 1.10. The molecule has 0 aliphatic carbocycles. The number of hydrogen-bond acceptors (Lipinski definition) is 3. The zero-order valence-electron chi connectivity index (χ0n) is 19.6. The van der Waals surface area contributed by atoms with Crippen molar-refractivity contribution in [3.63, 3.8) is 0 Å². The number of ether oxygens (including phenoxy) is 2. The van der Waals surface area contributed by atoms with E-state index in [1.165, 1.54) is 5.56 Å². The molecule has 0 spiro atoms. The Bertz CT molecular complexity index is 1240. The van der Waals surface area contributed by atoms with E-state index in [1.807, 2.05) is 85.6 Å². The number of methoxy groups -OCH3 is 1. The quantitative estimate of drug-likeness (QED) is 0.375. The number of para-hydroxylation sites is 1. The Morgan fingerprint density at radius 3 is 2.39 bits per heavy atom. The normalized spacial score (nSPS) is 11.9. The predicted octanol–water partition coefficient (Wildman–Crippen LogP) is 5.81.